The van der Waals surface area contributed by atoms with E-state index in [1.165, 1.54) is 18.9 Å². The van der Waals surface area contributed by atoms with Crippen molar-refractivity contribution < 1.29 is 4.39 Å². The van der Waals surface area contributed by atoms with Crippen LogP contribution in [0.15, 0.2) is 24.3 Å². The Morgan fingerprint density at radius 3 is 2.67 bits per heavy atom. The lowest BCUT2D eigenvalue weighted by atomic mass is 9.84. The maximum absolute atomic E-state index is 13.4. The van der Waals surface area contributed by atoms with Gasteiger partial charge in [0.1, 0.15) is 5.82 Å². The van der Waals surface area contributed by atoms with Gasteiger partial charge in [0, 0.05) is 31.7 Å². The monoisotopic (exact) mass is 290 g/mol. The van der Waals surface area contributed by atoms with Crippen molar-refractivity contribution in [1.82, 2.24) is 10.2 Å². The minimum atomic E-state index is -0.127. The first-order valence-corrected chi connectivity index (χ1v) is 8.15. The lowest BCUT2D eigenvalue weighted by molar-refractivity contribution is 0.0688. The highest BCUT2D eigenvalue weighted by atomic mass is 19.1. The number of rotatable bonds is 3. The van der Waals surface area contributed by atoms with Gasteiger partial charge >= 0.3 is 0 Å². The number of benzene rings is 1. The quantitative estimate of drug-likeness (QED) is 0.917. The maximum atomic E-state index is 13.4. The van der Waals surface area contributed by atoms with Crippen LogP contribution in [-0.4, -0.2) is 30.1 Å². The Labute approximate surface area is 127 Å². The second-order valence-electron chi connectivity index (χ2n) is 7.79. The third-order valence-electron chi connectivity index (χ3n) is 4.95. The molecule has 1 saturated carbocycles. The summed E-state index contributed by atoms with van der Waals surface area (Å²) < 4.78 is 13.4. The van der Waals surface area contributed by atoms with Crippen LogP contribution in [0.3, 0.4) is 0 Å². The van der Waals surface area contributed by atoms with Crippen LogP contribution in [0.4, 0.5) is 4.39 Å². The fourth-order valence-electron chi connectivity index (χ4n) is 3.40. The van der Waals surface area contributed by atoms with Gasteiger partial charge in [-0.2, -0.15) is 0 Å². The average molecular weight is 290 g/mol. The standard InChI is InChI=1S/C18H27FN2/c1-18(2,3)17-12-21(16(10-20-17)14-7-8-14)11-13-5-4-6-15(19)9-13/h4-6,9,14,16-17,20H,7-8,10-12H2,1-3H3. The molecule has 0 bridgehead atoms. The summed E-state index contributed by atoms with van der Waals surface area (Å²) in [5, 5.41) is 3.74. The molecule has 0 radical (unpaired) electrons. The maximum Gasteiger partial charge on any atom is 0.123 e. The van der Waals surface area contributed by atoms with E-state index in [0.717, 1.165) is 31.1 Å². The van der Waals surface area contributed by atoms with Gasteiger partial charge in [0.15, 0.2) is 0 Å². The molecule has 1 aromatic carbocycles. The van der Waals surface area contributed by atoms with E-state index in [2.05, 4.69) is 31.0 Å². The van der Waals surface area contributed by atoms with Gasteiger partial charge in [-0.05, 0) is 41.9 Å². The van der Waals surface area contributed by atoms with E-state index in [0.29, 0.717) is 12.1 Å². The third-order valence-corrected chi connectivity index (χ3v) is 4.95. The molecule has 1 saturated heterocycles. The summed E-state index contributed by atoms with van der Waals surface area (Å²) in [6.45, 7) is 9.88. The van der Waals surface area contributed by atoms with Crippen LogP contribution in [0.25, 0.3) is 0 Å². The van der Waals surface area contributed by atoms with Crippen molar-refractivity contribution in [1.29, 1.82) is 0 Å². The molecular weight excluding hydrogens is 263 g/mol. The van der Waals surface area contributed by atoms with E-state index < -0.39 is 0 Å². The first kappa shape index (κ1) is 15.0. The van der Waals surface area contributed by atoms with E-state index in [4.69, 9.17) is 0 Å². The van der Waals surface area contributed by atoms with Crippen LogP contribution in [-0.2, 0) is 6.54 Å². The second kappa shape index (κ2) is 5.69. The predicted octanol–water partition coefficient (Wildman–Crippen LogP) is 3.42. The summed E-state index contributed by atoms with van der Waals surface area (Å²) in [6.07, 6.45) is 2.71. The van der Waals surface area contributed by atoms with E-state index in [1.54, 1.807) is 6.07 Å². The zero-order chi connectivity index (χ0) is 15.0. The summed E-state index contributed by atoms with van der Waals surface area (Å²) in [5.74, 6) is 0.713. The molecule has 3 heteroatoms. The number of piperazine rings is 1. The van der Waals surface area contributed by atoms with Crippen LogP contribution in [0.5, 0.6) is 0 Å². The summed E-state index contributed by atoms with van der Waals surface area (Å²) in [6, 6.07) is 8.18. The molecule has 2 atom stereocenters. The van der Waals surface area contributed by atoms with Gasteiger partial charge < -0.3 is 5.32 Å². The number of nitrogens with one attached hydrogen (secondary N) is 1. The fraction of sp³-hybridized carbons (Fsp3) is 0.667. The van der Waals surface area contributed by atoms with Crippen molar-refractivity contribution in [2.75, 3.05) is 13.1 Å². The van der Waals surface area contributed by atoms with Gasteiger partial charge in [0.2, 0.25) is 0 Å². The first-order chi connectivity index (χ1) is 9.93. The lowest BCUT2D eigenvalue weighted by Crippen LogP contribution is -2.60. The molecular formula is C18H27FN2. The SMILES string of the molecule is CC(C)(C)C1CN(Cc2cccc(F)c2)C(C2CC2)CN1. The van der Waals surface area contributed by atoms with Crippen LogP contribution in [0.1, 0.15) is 39.2 Å². The number of halogens is 1. The van der Waals surface area contributed by atoms with Gasteiger partial charge in [0.05, 0.1) is 0 Å². The molecule has 3 rings (SSSR count). The molecule has 0 amide bonds. The topological polar surface area (TPSA) is 15.3 Å². The fourth-order valence-corrected chi connectivity index (χ4v) is 3.40. The Morgan fingerprint density at radius 2 is 2.05 bits per heavy atom. The predicted molar refractivity (Wildman–Crippen MR) is 84.6 cm³/mol. The van der Waals surface area contributed by atoms with Gasteiger partial charge in [0.25, 0.3) is 0 Å². The van der Waals surface area contributed by atoms with Gasteiger partial charge in [-0.15, -0.1) is 0 Å². The molecule has 2 nitrogen and oxygen atoms in total. The Bertz CT molecular complexity index is 490. The Balaban J connectivity index is 1.74. The van der Waals surface area contributed by atoms with Crippen molar-refractivity contribution in [3.63, 3.8) is 0 Å². The highest BCUT2D eigenvalue weighted by Gasteiger charge is 2.41. The van der Waals surface area contributed by atoms with Gasteiger partial charge in [-0.3, -0.25) is 4.90 Å². The normalized spacial score (nSPS) is 27.8. The molecule has 1 N–H and O–H groups in total. The highest BCUT2D eigenvalue weighted by Crippen LogP contribution is 2.38. The number of hydrogen-bond donors (Lipinski definition) is 1. The molecule has 2 unspecified atom stereocenters. The lowest BCUT2D eigenvalue weighted by Gasteiger charge is -2.45. The highest BCUT2D eigenvalue weighted by molar-refractivity contribution is 5.17. The average Bonchev–Trinajstić information content (AvgIpc) is 3.22. The van der Waals surface area contributed by atoms with E-state index >= 15 is 0 Å². The largest absolute Gasteiger partial charge is 0.311 e. The summed E-state index contributed by atoms with van der Waals surface area (Å²) in [4.78, 5) is 2.58. The van der Waals surface area contributed by atoms with E-state index in [1.807, 2.05) is 12.1 Å². The van der Waals surface area contributed by atoms with Crippen LogP contribution >= 0.6 is 0 Å². The number of nitrogens with zero attached hydrogens (tertiary/aromatic N) is 1. The molecule has 1 aliphatic carbocycles. The Kier molecular flexibility index (Phi) is 4.06. The molecule has 0 spiro atoms. The van der Waals surface area contributed by atoms with Gasteiger partial charge in [-0.25, -0.2) is 4.39 Å². The van der Waals surface area contributed by atoms with Crippen molar-refractivity contribution in [2.24, 2.45) is 11.3 Å². The zero-order valence-electron chi connectivity index (χ0n) is 13.4. The van der Waals surface area contributed by atoms with Gasteiger partial charge in [-0.1, -0.05) is 32.9 Å². The second-order valence-corrected chi connectivity index (χ2v) is 7.79. The van der Waals surface area contributed by atoms with Crippen molar-refractivity contribution >= 4 is 0 Å². The van der Waals surface area contributed by atoms with Crippen LogP contribution < -0.4 is 5.32 Å². The summed E-state index contributed by atoms with van der Waals surface area (Å²) in [5.41, 5.74) is 1.35. The summed E-state index contributed by atoms with van der Waals surface area (Å²) in [7, 11) is 0. The van der Waals surface area contributed by atoms with E-state index in [-0.39, 0.29) is 11.2 Å². The van der Waals surface area contributed by atoms with Crippen molar-refractivity contribution in [2.45, 2.75) is 52.2 Å². The molecule has 2 fully saturated rings. The smallest absolute Gasteiger partial charge is 0.123 e. The molecule has 1 aromatic rings. The van der Waals surface area contributed by atoms with Crippen LogP contribution in [0, 0.1) is 17.2 Å². The third kappa shape index (κ3) is 3.64. The minimum absolute atomic E-state index is 0.127. The molecule has 116 valence electrons. The zero-order valence-corrected chi connectivity index (χ0v) is 13.4. The molecule has 0 aromatic heterocycles. The molecule has 21 heavy (non-hydrogen) atoms. The number of hydrogen-bond acceptors (Lipinski definition) is 2. The minimum Gasteiger partial charge on any atom is -0.311 e. The Hall–Kier alpha value is -0.930. The van der Waals surface area contributed by atoms with Crippen molar-refractivity contribution in [3.8, 4) is 0 Å². The molecule has 2 aliphatic rings. The van der Waals surface area contributed by atoms with Crippen LogP contribution in [0.2, 0.25) is 0 Å². The van der Waals surface area contributed by atoms with Crippen molar-refractivity contribution in [3.05, 3.63) is 35.6 Å². The van der Waals surface area contributed by atoms with E-state index in [9.17, 15) is 4.39 Å². The molecule has 1 heterocycles. The Morgan fingerprint density at radius 1 is 1.29 bits per heavy atom. The summed E-state index contributed by atoms with van der Waals surface area (Å²) >= 11 is 0. The first-order valence-electron chi connectivity index (χ1n) is 8.15. The molecule has 1 aliphatic heterocycles.